The number of carbonyl (C=O) groups excluding carboxylic acids is 3. The van der Waals surface area contributed by atoms with Crippen molar-refractivity contribution in [2.24, 2.45) is 0 Å². The molecule has 2 aromatic rings. The van der Waals surface area contributed by atoms with E-state index in [2.05, 4.69) is 19.2 Å². The smallest absolute Gasteiger partial charge is 0.344 e. The summed E-state index contributed by atoms with van der Waals surface area (Å²) in [5, 5.41) is 2.71. The van der Waals surface area contributed by atoms with Crippen molar-refractivity contribution in [2.45, 2.75) is 39.7 Å². The molecule has 1 N–H and O–H groups in total. The predicted octanol–water partition coefficient (Wildman–Crippen LogP) is 3.96. The van der Waals surface area contributed by atoms with Crippen LogP contribution in [0.3, 0.4) is 0 Å². The summed E-state index contributed by atoms with van der Waals surface area (Å²) < 4.78 is 10.4. The summed E-state index contributed by atoms with van der Waals surface area (Å²) in [5.41, 5.74) is 2.37. The first-order valence-corrected chi connectivity index (χ1v) is 9.10. The highest BCUT2D eigenvalue weighted by Gasteiger charge is 2.18. The zero-order chi connectivity index (χ0) is 20.7. The molecule has 0 spiro atoms. The topological polar surface area (TPSA) is 81.7 Å². The molecule has 6 nitrogen and oxygen atoms in total. The van der Waals surface area contributed by atoms with Gasteiger partial charge < -0.3 is 14.8 Å². The van der Waals surface area contributed by atoms with Crippen LogP contribution >= 0.6 is 0 Å². The van der Waals surface area contributed by atoms with Crippen molar-refractivity contribution in [3.05, 3.63) is 59.7 Å². The molecule has 0 aliphatic heterocycles. The van der Waals surface area contributed by atoms with E-state index in [1.54, 1.807) is 24.3 Å². The summed E-state index contributed by atoms with van der Waals surface area (Å²) in [6, 6.07) is 13.9. The molecule has 0 heterocycles. The highest BCUT2D eigenvalue weighted by Crippen LogP contribution is 2.17. The van der Waals surface area contributed by atoms with Crippen molar-refractivity contribution in [1.82, 2.24) is 0 Å². The fourth-order valence-electron chi connectivity index (χ4n) is 2.41. The largest absolute Gasteiger partial charge is 0.482 e. The van der Waals surface area contributed by atoms with E-state index in [1.165, 1.54) is 19.4 Å². The maximum absolute atomic E-state index is 12.2. The Bertz CT molecular complexity index is 825. The maximum atomic E-state index is 12.2. The Kier molecular flexibility index (Phi) is 7.32. The number of Topliss-reactive ketones (excluding diaryl/α,β-unsaturated/α-hetero) is 1. The molecule has 0 aliphatic rings. The zero-order valence-corrected chi connectivity index (χ0v) is 16.5. The lowest BCUT2D eigenvalue weighted by atomic mass is 10.0. The third-order valence-electron chi connectivity index (χ3n) is 4.14. The molecule has 1 unspecified atom stereocenters. The third-order valence-corrected chi connectivity index (χ3v) is 4.14. The molecular formula is C22H25NO5. The molecule has 0 radical (unpaired) electrons. The number of amides is 1. The SMILES string of the molecule is CC(=O)c1ccc(OCC(=O)OC(C)C(=O)Nc2ccc(C(C)C)cc2)cc1. The van der Waals surface area contributed by atoms with E-state index in [9.17, 15) is 14.4 Å². The summed E-state index contributed by atoms with van der Waals surface area (Å²) in [4.78, 5) is 35.3. The number of ether oxygens (including phenoxy) is 2. The van der Waals surface area contributed by atoms with Gasteiger partial charge >= 0.3 is 5.97 Å². The number of hydrogen-bond acceptors (Lipinski definition) is 5. The molecule has 0 saturated carbocycles. The highest BCUT2D eigenvalue weighted by molar-refractivity contribution is 5.95. The Labute approximate surface area is 164 Å². The molecule has 0 aromatic heterocycles. The number of esters is 1. The molecule has 0 bridgehead atoms. The van der Waals surface area contributed by atoms with Gasteiger partial charge in [0.05, 0.1) is 0 Å². The van der Waals surface area contributed by atoms with E-state index in [1.807, 2.05) is 24.3 Å². The summed E-state index contributed by atoms with van der Waals surface area (Å²) >= 11 is 0. The van der Waals surface area contributed by atoms with Gasteiger partial charge in [0.2, 0.25) is 0 Å². The Balaban J connectivity index is 1.80. The Morgan fingerprint density at radius 3 is 2.07 bits per heavy atom. The van der Waals surface area contributed by atoms with Gasteiger partial charge in [0, 0.05) is 11.3 Å². The average Bonchev–Trinajstić information content (AvgIpc) is 2.67. The molecule has 148 valence electrons. The molecule has 0 aliphatic carbocycles. The van der Waals surface area contributed by atoms with E-state index >= 15 is 0 Å². The quantitative estimate of drug-likeness (QED) is 0.551. The molecular weight excluding hydrogens is 358 g/mol. The second-order valence-corrected chi connectivity index (χ2v) is 6.77. The number of ketones is 1. The van der Waals surface area contributed by atoms with Gasteiger partial charge in [-0.15, -0.1) is 0 Å². The van der Waals surface area contributed by atoms with Crippen LogP contribution < -0.4 is 10.1 Å². The Morgan fingerprint density at radius 1 is 0.929 bits per heavy atom. The van der Waals surface area contributed by atoms with E-state index in [-0.39, 0.29) is 12.4 Å². The first-order valence-electron chi connectivity index (χ1n) is 9.10. The number of rotatable bonds is 8. The lowest BCUT2D eigenvalue weighted by Crippen LogP contribution is -2.31. The number of carbonyl (C=O) groups is 3. The molecule has 1 amide bonds. The highest BCUT2D eigenvalue weighted by atomic mass is 16.6. The lowest BCUT2D eigenvalue weighted by molar-refractivity contribution is -0.155. The summed E-state index contributed by atoms with van der Waals surface area (Å²) in [6.45, 7) is 6.82. The molecule has 1 atom stereocenters. The van der Waals surface area contributed by atoms with Gasteiger partial charge in [-0.05, 0) is 61.7 Å². The Morgan fingerprint density at radius 2 is 1.54 bits per heavy atom. The molecule has 2 aromatic carbocycles. The van der Waals surface area contributed by atoms with Crippen molar-refractivity contribution in [3.8, 4) is 5.75 Å². The molecule has 6 heteroatoms. The maximum Gasteiger partial charge on any atom is 0.344 e. The van der Waals surface area contributed by atoms with E-state index in [4.69, 9.17) is 9.47 Å². The summed E-state index contributed by atoms with van der Waals surface area (Å²) in [7, 11) is 0. The van der Waals surface area contributed by atoms with Gasteiger partial charge in [0.25, 0.3) is 5.91 Å². The van der Waals surface area contributed by atoms with E-state index in [0.29, 0.717) is 22.9 Å². The molecule has 0 saturated heterocycles. The van der Waals surface area contributed by atoms with Crippen molar-refractivity contribution >= 4 is 23.3 Å². The van der Waals surface area contributed by atoms with Crippen LogP contribution in [-0.2, 0) is 14.3 Å². The minimum absolute atomic E-state index is 0.0513. The first kappa shape index (κ1) is 21.2. The van der Waals surface area contributed by atoms with Crippen LogP contribution in [0.15, 0.2) is 48.5 Å². The van der Waals surface area contributed by atoms with Crippen molar-refractivity contribution in [3.63, 3.8) is 0 Å². The van der Waals surface area contributed by atoms with Crippen molar-refractivity contribution in [1.29, 1.82) is 0 Å². The van der Waals surface area contributed by atoms with Gasteiger partial charge in [-0.25, -0.2) is 4.79 Å². The monoisotopic (exact) mass is 383 g/mol. The van der Waals surface area contributed by atoms with Crippen LogP contribution in [0.25, 0.3) is 0 Å². The number of benzene rings is 2. The third kappa shape index (κ3) is 6.23. The van der Waals surface area contributed by atoms with Gasteiger partial charge in [0.1, 0.15) is 5.75 Å². The number of hydrogen-bond donors (Lipinski definition) is 1. The van der Waals surface area contributed by atoms with Gasteiger partial charge in [-0.3, -0.25) is 9.59 Å². The molecule has 28 heavy (non-hydrogen) atoms. The second-order valence-electron chi connectivity index (χ2n) is 6.77. The van der Waals surface area contributed by atoms with E-state index in [0.717, 1.165) is 0 Å². The van der Waals surface area contributed by atoms with Crippen LogP contribution in [0.5, 0.6) is 5.75 Å². The van der Waals surface area contributed by atoms with Gasteiger partial charge in [0.15, 0.2) is 18.5 Å². The predicted molar refractivity (Wildman–Crippen MR) is 107 cm³/mol. The van der Waals surface area contributed by atoms with Crippen molar-refractivity contribution < 1.29 is 23.9 Å². The number of nitrogens with one attached hydrogen (secondary N) is 1. The summed E-state index contributed by atoms with van der Waals surface area (Å²) in [5.74, 6) is -0.290. The fourth-order valence-corrected chi connectivity index (χ4v) is 2.41. The normalized spacial score (nSPS) is 11.6. The molecule has 0 fully saturated rings. The van der Waals surface area contributed by atoms with Crippen LogP contribution in [0, 0.1) is 0 Å². The minimum Gasteiger partial charge on any atom is -0.482 e. The van der Waals surface area contributed by atoms with Gasteiger partial charge in [-0.2, -0.15) is 0 Å². The van der Waals surface area contributed by atoms with Crippen LogP contribution in [-0.4, -0.2) is 30.4 Å². The fraction of sp³-hybridized carbons (Fsp3) is 0.318. The molecule has 2 rings (SSSR count). The Hall–Kier alpha value is -3.15. The second kappa shape index (κ2) is 9.69. The van der Waals surface area contributed by atoms with Crippen LogP contribution in [0.1, 0.15) is 49.5 Å². The van der Waals surface area contributed by atoms with Crippen LogP contribution in [0.2, 0.25) is 0 Å². The van der Waals surface area contributed by atoms with E-state index < -0.39 is 18.0 Å². The lowest BCUT2D eigenvalue weighted by Gasteiger charge is -2.14. The number of anilines is 1. The zero-order valence-electron chi connectivity index (χ0n) is 16.5. The minimum atomic E-state index is -0.957. The average molecular weight is 383 g/mol. The van der Waals surface area contributed by atoms with Crippen LogP contribution in [0.4, 0.5) is 5.69 Å². The first-order chi connectivity index (χ1) is 13.3. The van der Waals surface area contributed by atoms with Crippen molar-refractivity contribution in [2.75, 3.05) is 11.9 Å². The van der Waals surface area contributed by atoms with Gasteiger partial charge in [-0.1, -0.05) is 26.0 Å². The standard InChI is InChI=1S/C22H25NO5/c1-14(2)17-5-9-19(10-6-17)23-22(26)16(4)28-21(25)13-27-20-11-7-18(8-12-20)15(3)24/h5-12,14,16H,13H2,1-4H3,(H,23,26). The summed E-state index contributed by atoms with van der Waals surface area (Å²) in [6.07, 6.45) is -0.957.